The van der Waals surface area contributed by atoms with Crippen LogP contribution in [0.25, 0.3) is 0 Å². The van der Waals surface area contributed by atoms with Gasteiger partial charge in [0.25, 0.3) is 0 Å². The van der Waals surface area contributed by atoms with E-state index in [0.717, 1.165) is 29.4 Å². The van der Waals surface area contributed by atoms with Gasteiger partial charge in [-0.3, -0.25) is 4.79 Å². The average Bonchev–Trinajstić information content (AvgIpc) is 2.78. The Morgan fingerprint density at radius 3 is 2.39 bits per heavy atom. The zero-order valence-corrected chi connectivity index (χ0v) is 12.9. The SMILES string of the molecule is CCC(CC)N(CC(C)C)c1ncc(C(C)=O)s1. The van der Waals surface area contributed by atoms with Crippen LogP contribution in [0.3, 0.4) is 0 Å². The molecule has 0 fully saturated rings. The van der Waals surface area contributed by atoms with Crippen LogP contribution >= 0.6 is 11.3 Å². The summed E-state index contributed by atoms with van der Waals surface area (Å²) in [5.41, 5.74) is 0. The quantitative estimate of drug-likeness (QED) is 0.701. The number of aromatic nitrogens is 1. The minimum absolute atomic E-state index is 0.104. The van der Waals surface area contributed by atoms with E-state index in [1.807, 2.05) is 0 Å². The molecular formula is C14H24N2OS. The molecule has 0 bridgehead atoms. The highest BCUT2D eigenvalue weighted by Crippen LogP contribution is 2.27. The number of carbonyl (C=O) groups excluding carboxylic acids is 1. The molecule has 0 aliphatic rings. The summed E-state index contributed by atoms with van der Waals surface area (Å²) in [7, 11) is 0. The first-order valence-electron chi connectivity index (χ1n) is 6.72. The van der Waals surface area contributed by atoms with Gasteiger partial charge >= 0.3 is 0 Å². The average molecular weight is 268 g/mol. The minimum atomic E-state index is 0.104. The molecule has 4 heteroatoms. The number of nitrogens with zero attached hydrogens (tertiary/aromatic N) is 2. The van der Waals surface area contributed by atoms with E-state index in [0.29, 0.717) is 12.0 Å². The summed E-state index contributed by atoms with van der Waals surface area (Å²) in [6.45, 7) is 11.4. The van der Waals surface area contributed by atoms with E-state index in [9.17, 15) is 4.79 Å². The van der Waals surface area contributed by atoms with Crippen molar-refractivity contribution in [3.63, 3.8) is 0 Å². The lowest BCUT2D eigenvalue weighted by atomic mass is 10.1. The Kier molecular flexibility index (Phi) is 5.79. The van der Waals surface area contributed by atoms with Crippen LogP contribution in [-0.4, -0.2) is 23.4 Å². The first-order chi connectivity index (χ1) is 8.49. The summed E-state index contributed by atoms with van der Waals surface area (Å²) in [4.78, 5) is 18.9. The third kappa shape index (κ3) is 3.80. The standard InChI is InChI=1S/C14H24N2OS/c1-6-12(7-2)16(9-10(3)4)14-15-8-13(18-14)11(5)17/h8,10,12H,6-7,9H2,1-5H3. The summed E-state index contributed by atoms with van der Waals surface area (Å²) in [6.07, 6.45) is 3.93. The fourth-order valence-corrected chi connectivity index (χ4v) is 2.96. The van der Waals surface area contributed by atoms with Crippen LogP contribution in [0, 0.1) is 5.92 Å². The molecule has 1 rings (SSSR count). The lowest BCUT2D eigenvalue weighted by Gasteiger charge is -2.31. The largest absolute Gasteiger partial charge is 0.345 e. The number of anilines is 1. The van der Waals surface area contributed by atoms with Crippen molar-refractivity contribution in [2.24, 2.45) is 5.92 Å². The molecule has 0 aromatic carbocycles. The van der Waals surface area contributed by atoms with Crippen molar-refractivity contribution in [1.29, 1.82) is 0 Å². The molecule has 3 nitrogen and oxygen atoms in total. The topological polar surface area (TPSA) is 33.2 Å². The van der Waals surface area contributed by atoms with Gasteiger partial charge in [-0.2, -0.15) is 0 Å². The highest BCUT2D eigenvalue weighted by Gasteiger charge is 2.20. The molecule has 0 N–H and O–H groups in total. The Balaban J connectivity index is 2.96. The lowest BCUT2D eigenvalue weighted by molar-refractivity contribution is 0.102. The van der Waals surface area contributed by atoms with E-state index in [1.54, 1.807) is 13.1 Å². The fourth-order valence-electron chi connectivity index (χ4n) is 2.07. The van der Waals surface area contributed by atoms with Crippen molar-refractivity contribution in [2.75, 3.05) is 11.4 Å². The second kappa shape index (κ2) is 6.88. The van der Waals surface area contributed by atoms with Crippen molar-refractivity contribution >= 4 is 22.3 Å². The highest BCUT2D eigenvalue weighted by atomic mass is 32.1. The van der Waals surface area contributed by atoms with Crippen LogP contribution < -0.4 is 4.90 Å². The molecule has 0 aliphatic heterocycles. The first kappa shape index (κ1) is 15.2. The third-order valence-corrected chi connectivity index (χ3v) is 4.17. The maximum atomic E-state index is 11.4. The molecule has 102 valence electrons. The second-order valence-electron chi connectivity index (χ2n) is 5.08. The molecule has 0 saturated heterocycles. The maximum absolute atomic E-state index is 11.4. The number of hydrogen-bond acceptors (Lipinski definition) is 4. The van der Waals surface area contributed by atoms with Gasteiger partial charge in [0.2, 0.25) is 0 Å². The predicted molar refractivity (Wildman–Crippen MR) is 78.7 cm³/mol. The summed E-state index contributed by atoms with van der Waals surface area (Å²) in [5, 5.41) is 0.989. The molecule has 0 spiro atoms. The molecule has 0 unspecified atom stereocenters. The number of Topliss-reactive ketones (excluding diaryl/α,β-unsaturated/α-hetero) is 1. The maximum Gasteiger partial charge on any atom is 0.186 e. The fraction of sp³-hybridized carbons (Fsp3) is 0.714. The normalized spacial score (nSPS) is 11.3. The van der Waals surface area contributed by atoms with E-state index < -0.39 is 0 Å². The molecule has 0 saturated carbocycles. The van der Waals surface area contributed by atoms with Crippen molar-refractivity contribution < 1.29 is 4.79 Å². The Hall–Kier alpha value is -0.900. The van der Waals surface area contributed by atoms with Crippen LogP contribution in [0.4, 0.5) is 5.13 Å². The van der Waals surface area contributed by atoms with Crippen molar-refractivity contribution in [3.05, 3.63) is 11.1 Å². The number of thiazole rings is 1. The molecule has 0 aliphatic carbocycles. The van der Waals surface area contributed by atoms with E-state index in [2.05, 4.69) is 37.6 Å². The van der Waals surface area contributed by atoms with Gasteiger partial charge in [-0.1, -0.05) is 39.0 Å². The van der Waals surface area contributed by atoms with E-state index in [4.69, 9.17) is 0 Å². The Bertz CT molecular complexity index is 383. The number of rotatable bonds is 7. The second-order valence-corrected chi connectivity index (χ2v) is 6.09. The molecular weight excluding hydrogens is 244 g/mol. The number of hydrogen-bond donors (Lipinski definition) is 0. The summed E-state index contributed by atoms with van der Waals surface area (Å²) < 4.78 is 0. The molecule has 1 aromatic rings. The van der Waals surface area contributed by atoms with Crippen LogP contribution in [0.15, 0.2) is 6.20 Å². The molecule has 1 heterocycles. The lowest BCUT2D eigenvalue weighted by Crippen LogP contribution is -2.37. The first-order valence-corrected chi connectivity index (χ1v) is 7.54. The zero-order chi connectivity index (χ0) is 13.7. The Labute approximate surface area is 114 Å². The Morgan fingerprint density at radius 2 is 2.00 bits per heavy atom. The Morgan fingerprint density at radius 1 is 1.39 bits per heavy atom. The van der Waals surface area contributed by atoms with E-state index >= 15 is 0 Å². The van der Waals surface area contributed by atoms with Crippen LogP contribution in [-0.2, 0) is 0 Å². The van der Waals surface area contributed by atoms with Gasteiger partial charge in [0.05, 0.1) is 11.1 Å². The molecule has 0 amide bonds. The molecule has 18 heavy (non-hydrogen) atoms. The summed E-state index contributed by atoms with van der Waals surface area (Å²) in [5.74, 6) is 0.697. The zero-order valence-electron chi connectivity index (χ0n) is 12.1. The van der Waals surface area contributed by atoms with Gasteiger partial charge in [-0.25, -0.2) is 4.98 Å². The van der Waals surface area contributed by atoms with Crippen molar-refractivity contribution in [2.45, 2.75) is 53.5 Å². The predicted octanol–water partition coefficient (Wildman–Crippen LogP) is 4.00. The van der Waals surface area contributed by atoms with E-state index in [1.165, 1.54) is 11.3 Å². The van der Waals surface area contributed by atoms with Gasteiger partial charge < -0.3 is 4.90 Å². The van der Waals surface area contributed by atoms with E-state index in [-0.39, 0.29) is 5.78 Å². The summed E-state index contributed by atoms with van der Waals surface area (Å²) >= 11 is 1.52. The highest BCUT2D eigenvalue weighted by molar-refractivity contribution is 7.17. The van der Waals surface area contributed by atoms with Crippen molar-refractivity contribution in [1.82, 2.24) is 4.98 Å². The van der Waals surface area contributed by atoms with Crippen molar-refractivity contribution in [3.8, 4) is 0 Å². The summed E-state index contributed by atoms with van der Waals surface area (Å²) in [6, 6.07) is 0.512. The number of ketones is 1. The van der Waals surface area contributed by atoms with Gasteiger partial charge in [-0.05, 0) is 18.8 Å². The van der Waals surface area contributed by atoms with Gasteiger partial charge in [0, 0.05) is 19.5 Å². The van der Waals surface area contributed by atoms with Crippen LogP contribution in [0.5, 0.6) is 0 Å². The number of carbonyl (C=O) groups is 1. The van der Waals surface area contributed by atoms with Gasteiger partial charge in [0.1, 0.15) is 0 Å². The van der Waals surface area contributed by atoms with Crippen LogP contribution in [0.1, 0.15) is 57.1 Å². The third-order valence-electron chi connectivity index (χ3n) is 3.03. The molecule has 0 radical (unpaired) electrons. The van der Waals surface area contributed by atoms with Crippen LogP contribution in [0.2, 0.25) is 0 Å². The minimum Gasteiger partial charge on any atom is -0.345 e. The molecule has 1 aromatic heterocycles. The van der Waals surface area contributed by atoms with Gasteiger partial charge in [0.15, 0.2) is 10.9 Å². The molecule has 0 atom stereocenters. The monoisotopic (exact) mass is 268 g/mol. The van der Waals surface area contributed by atoms with Gasteiger partial charge in [-0.15, -0.1) is 0 Å². The smallest absolute Gasteiger partial charge is 0.186 e.